The number of nitrogens with one attached hydrogen (secondary N) is 1. The van der Waals surface area contributed by atoms with Crippen LogP contribution in [-0.2, 0) is 14.9 Å². The van der Waals surface area contributed by atoms with Gasteiger partial charge in [-0.15, -0.1) is 0 Å². The van der Waals surface area contributed by atoms with Gasteiger partial charge in [-0.05, 0) is 23.1 Å². The fourth-order valence-corrected chi connectivity index (χ4v) is 3.41. The van der Waals surface area contributed by atoms with Crippen LogP contribution in [0.5, 0.6) is 23.0 Å². The molecule has 7 nitrogen and oxygen atoms in total. The molecule has 31 heavy (non-hydrogen) atoms. The van der Waals surface area contributed by atoms with Crippen molar-refractivity contribution in [2.45, 2.75) is 32.3 Å². The summed E-state index contributed by atoms with van der Waals surface area (Å²) >= 11 is 0. The quantitative estimate of drug-likeness (QED) is 0.551. The van der Waals surface area contributed by atoms with Crippen molar-refractivity contribution in [3.8, 4) is 23.0 Å². The topological polar surface area (TPSA) is 75.3 Å². The number of ether oxygens (including phenoxy) is 5. The highest BCUT2D eigenvalue weighted by Gasteiger charge is 2.33. The van der Waals surface area contributed by atoms with Gasteiger partial charge in [-0.25, -0.2) is 4.79 Å². The van der Waals surface area contributed by atoms with Gasteiger partial charge in [-0.1, -0.05) is 26.8 Å². The molecule has 1 aliphatic heterocycles. The maximum absolute atomic E-state index is 12.1. The maximum Gasteiger partial charge on any atom is 0.332 e. The second kappa shape index (κ2) is 8.79. The van der Waals surface area contributed by atoms with Gasteiger partial charge < -0.3 is 29.0 Å². The van der Waals surface area contributed by atoms with Crippen molar-refractivity contribution in [3.05, 3.63) is 53.2 Å². The molecule has 1 N–H and O–H groups in total. The summed E-state index contributed by atoms with van der Waals surface area (Å²) in [6.45, 7) is 6.42. The molecule has 2 aromatic rings. The second-order valence-electron chi connectivity index (χ2n) is 8.15. The van der Waals surface area contributed by atoms with Crippen LogP contribution in [0.25, 0.3) is 0 Å². The summed E-state index contributed by atoms with van der Waals surface area (Å²) in [5.74, 6) is 1.75. The highest BCUT2D eigenvalue weighted by molar-refractivity contribution is 5.84. The molecule has 1 heterocycles. The minimum Gasteiger partial charge on any atom is -0.496 e. The summed E-state index contributed by atoms with van der Waals surface area (Å²) < 4.78 is 27.8. The first-order valence-corrected chi connectivity index (χ1v) is 9.89. The number of methoxy groups -OCH3 is 4. The van der Waals surface area contributed by atoms with Crippen LogP contribution in [0.2, 0.25) is 0 Å². The standard InChI is InChI=1S/C24H29NO6/c1-24(2,3)14-8-9-18-16(10-14)25-17(13-21(26)30-7)23(31-18)22-19(28-5)11-15(27-4)12-20(22)29-6/h8-13,23,25H,1-7H3/b17-13-. The van der Waals surface area contributed by atoms with Gasteiger partial charge in [0, 0.05) is 18.2 Å². The molecule has 0 aromatic heterocycles. The summed E-state index contributed by atoms with van der Waals surface area (Å²) in [6, 6.07) is 9.48. The monoisotopic (exact) mass is 427 g/mol. The molecular weight excluding hydrogens is 398 g/mol. The first-order chi connectivity index (χ1) is 14.7. The van der Waals surface area contributed by atoms with E-state index in [1.807, 2.05) is 18.2 Å². The first-order valence-electron chi connectivity index (χ1n) is 9.89. The second-order valence-corrected chi connectivity index (χ2v) is 8.15. The predicted molar refractivity (Wildman–Crippen MR) is 118 cm³/mol. The Hall–Kier alpha value is -3.35. The molecule has 0 spiro atoms. The van der Waals surface area contributed by atoms with Gasteiger partial charge in [-0.2, -0.15) is 0 Å². The Kier molecular flexibility index (Phi) is 6.34. The highest BCUT2D eigenvalue weighted by atomic mass is 16.5. The summed E-state index contributed by atoms with van der Waals surface area (Å²) in [4.78, 5) is 12.1. The lowest BCUT2D eigenvalue weighted by atomic mass is 9.86. The molecule has 0 bridgehead atoms. The normalized spacial score (nSPS) is 16.6. The Morgan fingerprint density at radius 1 is 1.00 bits per heavy atom. The van der Waals surface area contributed by atoms with Crippen LogP contribution in [0.4, 0.5) is 5.69 Å². The Labute approximate surface area is 182 Å². The van der Waals surface area contributed by atoms with Crippen LogP contribution in [0.3, 0.4) is 0 Å². The number of esters is 1. The van der Waals surface area contributed by atoms with E-state index in [0.717, 1.165) is 11.3 Å². The molecule has 0 aliphatic carbocycles. The lowest BCUT2D eigenvalue weighted by Crippen LogP contribution is -2.24. The van der Waals surface area contributed by atoms with Crippen LogP contribution in [0.1, 0.15) is 38.0 Å². The van der Waals surface area contributed by atoms with Gasteiger partial charge in [0.1, 0.15) is 23.0 Å². The SMILES string of the molecule is COC(=O)/C=C1\Nc2cc(C(C)(C)C)ccc2OC1c1c(OC)cc(OC)cc1OC. The molecule has 7 heteroatoms. The smallest absolute Gasteiger partial charge is 0.332 e. The first kappa shape index (κ1) is 22.3. The largest absolute Gasteiger partial charge is 0.496 e. The van der Waals surface area contributed by atoms with Gasteiger partial charge >= 0.3 is 5.97 Å². The molecule has 3 rings (SSSR count). The zero-order valence-corrected chi connectivity index (χ0v) is 19.0. The Bertz CT molecular complexity index is 981. The molecule has 1 aliphatic rings. The highest BCUT2D eigenvalue weighted by Crippen LogP contribution is 2.47. The van der Waals surface area contributed by atoms with E-state index in [1.165, 1.54) is 13.2 Å². The summed E-state index contributed by atoms with van der Waals surface area (Å²) in [7, 11) is 6.01. The van der Waals surface area contributed by atoms with Gasteiger partial charge in [0.05, 0.1) is 45.4 Å². The van der Waals surface area contributed by atoms with Crippen molar-refractivity contribution in [2.24, 2.45) is 0 Å². The van der Waals surface area contributed by atoms with Crippen LogP contribution >= 0.6 is 0 Å². The number of rotatable bonds is 5. The van der Waals surface area contributed by atoms with Gasteiger partial charge in [-0.3, -0.25) is 0 Å². The minimum absolute atomic E-state index is 0.0395. The van der Waals surface area contributed by atoms with E-state index in [2.05, 4.69) is 26.1 Å². The molecule has 1 unspecified atom stereocenters. The molecule has 0 fully saturated rings. The number of benzene rings is 2. The zero-order chi connectivity index (χ0) is 22.8. The molecule has 2 aromatic carbocycles. The molecule has 0 radical (unpaired) electrons. The Morgan fingerprint density at radius 3 is 2.16 bits per heavy atom. The third-order valence-corrected chi connectivity index (χ3v) is 5.14. The maximum atomic E-state index is 12.1. The van der Waals surface area contributed by atoms with Crippen LogP contribution < -0.4 is 24.3 Å². The number of hydrogen-bond acceptors (Lipinski definition) is 7. The fraction of sp³-hybridized carbons (Fsp3) is 0.375. The lowest BCUT2D eigenvalue weighted by Gasteiger charge is -2.33. The van der Waals surface area contributed by atoms with E-state index in [1.54, 1.807) is 33.5 Å². The summed E-state index contributed by atoms with van der Waals surface area (Å²) in [5, 5.41) is 3.35. The zero-order valence-electron chi connectivity index (χ0n) is 19.0. The van der Waals surface area contributed by atoms with Gasteiger partial charge in [0.25, 0.3) is 0 Å². The molecule has 166 valence electrons. The van der Waals surface area contributed by atoms with Crippen LogP contribution in [0.15, 0.2) is 42.1 Å². The summed E-state index contributed by atoms with van der Waals surface area (Å²) in [6.07, 6.45) is 0.684. The van der Waals surface area contributed by atoms with Crippen molar-refractivity contribution in [3.63, 3.8) is 0 Å². The molecule has 0 saturated carbocycles. The third-order valence-electron chi connectivity index (χ3n) is 5.14. The van der Waals surface area contributed by atoms with Gasteiger partial charge in [0.2, 0.25) is 0 Å². The lowest BCUT2D eigenvalue weighted by molar-refractivity contribution is -0.134. The number of carbonyl (C=O) groups excluding carboxylic acids is 1. The van der Waals surface area contributed by atoms with Crippen LogP contribution in [-0.4, -0.2) is 34.4 Å². The number of fused-ring (bicyclic) bond motifs is 1. The Balaban J connectivity index is 2.18. The van der Waals surface area contributed by atoms with E-state index < -0.39 is 12.1 Å². The number of carbonyl (C=O) groups is 1. The number of anilines is 1. The average molecular weight is 427 g/mol. The molecular formula is C24H29NO6. The molecule has 0 saturated heterocycles. The molecule has 1 atom stereocenters. The van der Waals surface area contributed by atoms with Crippen molar-refractivity contribution in [1.82, 2.24) is 0 Å². The van der Waals surface area contributed by atoms with Crippen molar-refractivity contribution in [2.75, 3.05) is 33.8 Å². The van der Waals surface area contributed by atoms with Crippen LogP contribution in [0, 0.1) is 0 Å². The van der Waals surface area contributed by atoms with E-state index in [9.17, 15) is 4.79 Å². The van der Waals surface area contributed by atoms with Gasteiger partial charge in [0.15, 0.2) is 6.10 Å². The van der Waals surface area contributed by atoms with Crippen molar-refractivity contribution < 1.29 is 28.5 Å². The van der Waals surface area contributed by atoms with E-state index in [0.29, 0.717) is 34.3 Å². The minimum atomic E-state index is -0.692. The number of hydrogen-bond donors (Lipinski definition) is 1. The van der Waals surface area contributed by atoms with E-state index in [-0.39, 0.29) is 5.41 Å². The van der Waals surface area contributed by atoms with E-state index in [4.69, 9.17) is 23.7 Å². The fourth-order valence-electron chi connectivity index (χ4n) is 3.41. The molecule has 0 amide bonds. The van der Waals surface area contributed by atoms with E-state index >= 15 is 0 Å². The van der Waals surface area contributed by atoms with Crippen molar-refractivity contribution in [1.29, 1.82) is 0 Å². The predicted octanol–water partition coefficient (Wildman–Crippen LogP) is 4.61. The Morgan fingerprint density at radius 2 is 1.65 bits per heavy atom. The average Bonchev–Trinajstić information content (AvgIpc) is 2.76. The van der Waals surface area contributed by atoms with Crippen molar-refractivity contribution >= 4 is 11.7 Å². The summed E-state index contributed by atoms with van der Waals surface area (Å²) in [5.41, 5.74) is 3.00. The third kappa shape index (κ3) is 4.55.